The van der Waals surface area contributed by atoms with Crippen LogP contribution in [-0.2, 0) is 5.41 Å². The maximum absolute atomic E-state index is 5.21. The van der Waals surface area contributed by atoms with E-state index in [9.17, 15) is 0 Å². The van der Waals surface area contributed by atoms with Crippen LogP contribution in [0.15, 0.2) is 310 Å². The first kappa shape index (κ1) is 47.5. The first-order valence-electron chi connectivity index (χ1n) is 28.6. The van der Waals surface area contributed by atoms with E-state index in [0.717, 1.165) is 96.2 Å². The van der Waals surface area contributed by atoms with Crippen LogP contribution in [0.5, 0.6) is 0 Å². The van der Waals surface area contributed by atoms with Crippen LogP contribution in [0, 0.1) is 0 Å². The number of para-hydroxylation sites is 7. The maximum atomic E-state index is 5.21. The van der Waals surface area contributed by atoms with Gasteiger partial charge in [-0.05, 0) is 180 Å². The number of nitrogens with zero attached hydrogens (tertiary/aromatic N) is 7. The van der Waals surface area contributed by atoms with E-state index in [-0.39, 0.29) is 0 Å². The SMILES string of the molecule is c1ccc(N(c2ccc(-n3c4ccccc4c4ccccc43)cc2)c2ccc3c(c2)C2(c4cc(N(c5ccccc5)c5ccc(-n6c7ccccc7c7ccccc76)cc5)ccc4N3c3ccccc3)c3cccnc3-c3ncccc32)cc1. The highest BCUT2D eigenvalue weighted by molar-refractivity contribution is 6.10. The number of hydrogen-bond acceptors (Lipinski definition) is 5. The number of anilines is 9. The summed E-state index contributed by atoms with van der Waals surface area (Å²) in [4.78, 5) is 17.7. The molecule has 0 bridgehead atoms. The zero-order chi connectivity index (χ0) is 55.3. The van der Waals surface area contributed by atoms with Gasteiger partial charge in [-0.15, -0.1) is 0 Å². The Labute approximate surface area is 486 Å². The number of hydrogen-bond donors (Lipinski definition) is 0. The second-order valence-electron chi connectivity index (χ2n) is 21.7. The minimum absolute atomic E-state index is 0.874. The van der Waals surface area contributed by atoms with Crippen LogP contribution in [0.25, 0.3) is 66.4 Å². The predicted molar refractivity (Wildman–Crippen MR) is 346 cm³/mol. The van der Waals surface area contributed by atoms with Gasteiger partial charge in [0, 0.05) is 85.1 Å². The minimum Gasteiger partial charge on any atom is -0.310 e. The van der Waals surface area contributed by atoms with Gasteiger partial charge in [0.2, 0.25) is 0 Å². The molecule has 11 aromatic carbocycles. The summed E-state index contributed by atoms with van der Waals surface area (Å²) in [6.45, 7) is 0. The molecule has 2 aliphatic rings. The van der Waals surface area contributed by atoms with Crippen molar-refractivity contribution in [3.05, 3.63) is 332 Å². The summed E-state index contributed by atoms with van der Waals surface area (Å²) in [5, 5.41) is 4.95. The van der Waals surface area contributed by atoms with E-state index in [1.54, 1.807) is 0 Å². The number of rotatable bonds is 9. The Hall–Kier alpha value is -11.3. The van der Waals surface area contributed by atoms with E-state index < -0.39 is 5.41 Å². The molecule has 7 heteroatoms. The standard InChI is InChI=1S/C77H51N7/c1-4-20-52(21-5-1)80(55-36-40-57(41-37-55)82-69-32-14-10-26-61(69)62-27-11-15-33-70(62)82)59-44-46-73-67(50-59)77(65-30-18-48-78-75(65)76-66(77)31-19-49-79-76)68-51-60(45-47-74(68)84(73)54-24-8-3-9-25-54)81(53-22-6-2-7-23-53)56-38-42-58(43-39-56)83-71-34-16-12-28-63(71)64-29-13-17-35-72(64)83/h1-51H. The lowest BCUT2D eigenvalue weighted by atomic mass is 9.64. The summed E-state index contributed by atoms with van der Waals surface area (Å²) in [7, 11) is 0. The third-order valence-electron chi connectivity index (χ3n) is 17.3. The first-order chi connectivity index (χ1) is 41.7. The lowest BCUT2D eigenvalue weighted by Crippen LogP contribution is -2.36. The molecule has 15 aromatic rings. The van der Waals surface area contributed by atoms with Gasteiger partial charge < -0.3 is 23.8 Å². The Morgan fingerprint density at radius 3 is 0.988 bits per heavy atom. The molecule has 0 unspecified atom stereocenters. The second-order valence-corrected chi connectivity index (χ2v) is 21.7. The van der Waals surface area contributed by atoms with Crippen molar-refractivity contribution in [3.8, 4) is 22.8 Å². The maximum Gasteiger partial charge on any atom is 0.0937 e. The fourth-order valence-electron chi connectivity index (χ4n) is 13.9. The second kappa shape index (κ2) is 18.9. The van der Waals surface area contributed by atoms with E-state index in [2.05, 4.69) is 321 Å². The molecule has 0 radical (unpaired) electrons. The molecule has 0 saturated carbocycles. The van der Waals surface area contributed by atoms with Crippen LogP contribution in [0.3, 0.4) is 0 Å². The van der Waals surface area contributed by atoms with E-state index >= 15 is 0 Å². The first-order valence-corrected chi connectivity index (χ1v) is 28.6. The van der Waals surface area contributed by atoms with Crippen molar-refractivity contribution in [2.75, 3.05) is 14.7 Å². The third-order valence-corrected chi connectivity index (χ3v) is 17.3. The molecule has 7 nitrogen and oxygen atoms in total. The van der Waals surface area contributed by atoms with E-state index in [1.807, 2.05) is 12.4 Å². The molecule has 0 saturated heterocycles. The van der Waals surface area contributed by atoms with Crippen molar-refractivity contribution in [2.24, 2.45) is 0 Å². The van der Waals surface area contributed by atoms with Crippen LogP contribution in [0.1, 0.15) is 22.3 Å². The number of pyridine rings is 2. The molecule has 0 atom stereocenters. The van der Waals surface area contributed by atoms with Gasteiger partial charge in [0.1, 0.15) is 0 Å². The molecule has 1 spiro atoms. The molecule has 0 amide bonds. The largest absolute Gasteiger partial charge is 0.310 e. The molecule has 1 aliphatic heterocycles. The van der Waals surface area contributed by atoms with Gasteiger partial charge in [0.05, 0.1) is 50.2 Å². The summed E-state index contributed by atoms with van der Waals surface area (Å²) < 4.78 is 4.76. The molecule has 4 aromatic heterocycles. The predicted octanol–water partition coefficient (Wildman–Crippen LogP) is 19.8. The van der Waals surface area contributed by atoms with Crippen LogP contribution in [0.4, 0.5) is 51.2 Å². The van der Waals surface area contributed by atoms with E-state index in [4.69, 9.17) is 9.97 Å². The molecule has 0 fully saturated rings. The van der Waals surface area contributed by atoms with Crippen molar-refractivity contribution in [1.82, 2.24) is 19.1 Å². The lowest BCUT2D eigenvalue weighted by molar-refractivity contribution is 0.749. The highest BCUT2D eigenvalue weighted by Crippen LogP contribution is 2.64. The molecular formula is C77H51N7. The van der Waals surface area contributed by atoms with Gasteiger partial charge in [0.25, 0.3) is 0 Å². The van der Waals surface area contributed by atoms with Crippen molar-refractivity contribution >= 4 is 94.8 Å². The Kier molecular flexibility index (Phi) is 10.7. The fourth-order valence-corrected chi connectivity index (χ4v) is 13.9. The quantitative estimate of drug-likeness (QED) is 0.144. The van der Waals surface area contributed by atoms with Gasteiger partial charge in [-0.1, -0.05) is 140 Å². The average Bonchev–Trinajstić information content (AvgIpc) is 1.50. The van der Waals surface area contributed by atoms with Crippen LogP contribution in [0.2, 0.25) is 0 Å². The summed E-state index contributed by atoms with van der Waals surface area (Å²) in [5.41, 5.74) is 21.7. The Balaban J connectivity index is 0.884. The van der Waals surface area contributed by atoms with Gasteiger partial charge in [-0.25, -0.2) is 0 Å². The van der Waals surface area contributed by atoms with Crippen molar-refractivity contribution in [3.63, 3.8) is 0 Å². The molecule has 0 N–H and O–H groups in total. The van der Waals surface area contributed by atoms with E-state index in [0.29, 0.717) is 0 Å². The van der Waals surface area contributed by atoms with Crippen LogP contribution in [-0.4, -0.2) is 19.1 Å². The van der Waals surface area contributed by atoms with Crippen LogP contribution >= 0.6 is 0 Å². The Morgan fingerprint density at radius 1 is 0.262 bits per heavy atom. The fraction of sp³-hybridized carbons (Fsp3) is 0.0130. The average molecular weight is 1070 g/mol. The topological polar surface area (TPSA) is 45.4 Å². The molecule has 394 valence electrons. The number of benzene rings is 11. The Morgan fingerprint density at radius 2 is 0.595 bits per heavy atom. The summed E-state index contributed by atoms with van der Waals surface area (Å²) >= 11 is 0. The molecule has 84 heavy (non-hydrogen) atoms. The summed E-state index contributed by atoms with van der Waals surface area (Å²) in [5.74, 6) is 0. The summed E-state index contributed by atoms with van der Waals surface area (Å²) in [6, 6.07) is 108. The summed E-state index contributed by atoms with van der Waals surface area (Å²) in [6.07, 6.45) is 3.81. The highest BCUT2D eigenvalue weighted by atomic mass is 15.2. The highest BCUT2D eigenvalue weighted by Gasteiger charge is 2.53. The third kappa shape index (κ3) is 7.06. The normalized spacial score (nSPS) is 12.8. The van der Waals surface area contributed by atoms with E-state index in [1.165, 1.54) is 43.6 Å². The molecule has 17 rings (SSSR count). The van der Waals surface area contributed by atoms with Gasteiger partial charge in [-0.3, -0.25) is 9.97 Å². The van der Waals surface area contributed by atoms with Gasteiger partial charge in [0.15, 0.2) is 0 Å². The lowest BCUT2D eigenvalue weighted by Gasteiger charge is -2.45. The zero-order valence-corrected chi connectivity index (χ0v) is 45.6. The molecule has 1 aliphatic carbocycles. The monoisotopic (exact) mass is 1070 g/mol. The van der Waals surface area contributed by atoms with Gasteiger partial charge >= 0.3 is 0 Å². The zero-order valence-electron chi connectivity index (χ0n) is 45.6. The molecular weight excluding hydrogens is 1020 g/mol. The van der Waals surface area contributed by atoms with Crippen LogP contribution < -0.4 is 14.7 Å². The van der Waals surface area contributed by atoms with Crippen molar-refractivity contribution < 1.29 is 0 Å². The van der Waals surface area contributed by atoms with Crippen molar-refractivity contribution in [2.45, 2.75) is 5.41 Å². The minimum atomic E-state index is -0.874. The smallest absolute Gasteiger partial charge is 0.0937 e. The number of aromatic nitrogens is 4. The Bertz CT molecular complexity index is 4620. The number of fused-ring (bicyclic) bond motifs is 15. The molecule has 5 heterocycles. The van der Waals surface area contributed by atoms with Gasteiger partial charge in [-0.2, -0.15) is 0 Å². The van der Waals surface area contributed by atoms with Crippen molar-refractivity contribution in [1.29, 1.82) is 0 Å².